The molecule has 1 N–H and O–H groups in total. The zero-order valence-electron chi connectivity index (χ0n) is 16.8. The van der Waals surface area contributed by atoms with Crippen LogP contribution >= 0.6 is 11.3 Å². The number of nitrogens with one attached hydrogen (secondary N) is 1. The summed E-state index contributed by atoms with van der Waals surface area (Å²) in [6, 6.07) is 0. The van der Waals surface area contributed by atoms with Crippen molar-refractivity contribution in [2.45, 2.75) is 59.8 Å². The van der Waals surface area contributed by atoms with Crippen LogP contribution in [0.1, 0.15) is 67.8 Å². The topological polar surface area (TPSA) is 81.7 Å². The van der Waals surface area contributed by atoms with E-state index in [9.17, 15) is 14.4 Å². The summed E-state index contributed by atoms with van der Waals surface area (Å²) in [5.41, 5.74) is 1.67. The maximum atomic E-state index is 12.5. The van der Waals surface area contributed by atoms with Crippen LogP contribution in [0.2, 0.25) is 0 Å². The molecule has 1 aliphatic rings. The number of fused-ring (bicyclic) bond motifs is 1. The quantitative estimate of drug-likeness (QED) is 0.737. The molecule has 0 spiro atoms. The van der Waals surface area contributed by atoms with Gasteiger partial charge >= 0.3 is 11.9 Å². The molecule has 0 fully saturated rings. The van der Waals surface area contributed by atoms with Gasteiger partial charge in [0.05, 0.1) is 25.7 Å². The fraction of sp³-hybridized carbons (Fsp3) is 0.650. The Kier molecular flexibility index (Phi) is 7.03. The third-order valence-corrected chi connectivity index (χ3v) is 6.18. The summed E-state index contributed by atoms with van der Waals surface area (Å²) in [5, 5.41) is 3.34. The highest BCUT2D eigenvalue weighted by Crippen LogP contribution is 2.44. The number of ether oxygens (including phenoxy) is 2. The van der Waals surface area contributed by atoms with Gasteiger partial charge in [0, 0.05) is 11.3 Å². The van der Waals surface area contributed by atoms with Crippen LogP contribution in [0.25, 0.3) is 0 Å². The van der Waals surface area contributed by atoms with E-state index < -0.39 is 11.9 Å². The molecular weight excluding hydrogens is 366 g/mol. The molecule has 150 valence electrons. The van der Waals surface area contributed by atoms with Gasteiger partial charge in [-0.1, -0.05) is 20.8 Å². The van der Waals surface area contributed by atoms with Gasteiger partial charge in [0.25, 0.3) is 0 Å². The van der Waals surface area contributed by atoms with Gasteiger partial charge in [-0.2, -0.15) is 0 Å². The van der Waals surface area contributed by atoms with E-state index in [0.29, 0.717) is 16.5 Å². The van der Waals surface area contributed by atoms with E-state index in [0.717, 1.165) is 29.7 Å². The standard InChI is InChI=1S/C20H29NO5S/c1-6-26-19(24)17-13-8-7-12(20(2,3)4)11-14(13)27-18(17)21-15(22)9-10-16(23)25-5/h12H,6-11H2,1-5H3,(H,21,22)/t12-/m0/s1. The minimum atomic E-state index is -0.436. The number of carbonyl (C=O) groups excluding carboxylic acids is 3. The second kappa shape index (κ2) is 8.87. The first-order valence-electron chi connectivity index (χ1n) is 9.35. The molecule has 2 rings (SSSR count). The van der Waals surface area contributed by atoms with Gasteiger partial charge in [0.2, 0.25) is 5.91 Å². The van der Waals surface area contributed by atoms with Crippen LogP contribution in [0.3, 0.4) is 0 Å². The number of esters is 2. The van der Waals surface area contributed by atoms with Crippen molar-refractivity contribution in [2.75, 3.05) is 19.0 Å². The number of hydrogen-bond acceptors (Lipinski definition) is 6. The van der Waals surface area contributed by atoms with E-state index in [4.69, 9.17) is 4.74 Å². The molecule has 6 nitrogen and oxygen atoms in total. The lowest BCUT2D eigenvalue weighted by atomic mass is 9.72. The third kappa shape index (κ3) is 5.31. The minimum Gasteiger partial charge on any atom is -0.469 e. The van der Waals surface area contributed by atoms with E-state index in [-0.39, 0.29) is 30.8 Å². The number of amides is 1. The Morgan fingerprint density at radius 3 is 2.52 bits per heavy atom. The lowest BCUT2D eigenvalue weighted by Crippen LogP contribution is -2.26. The van der Waals surface area contributed by atoms with E-state index in [1.807, 2.05) is 0 Å². The molecule has 0 radical (unpaired) electrons. The monoisotopic (exact) mass is 395 g/mol. The number of hydrogen-bond donors (Lipinski definition) is 1. The van der Waals surface area contributed by atoms with Crippen LogP contribution in [0.15, 0.2) is 0 Å². The molecule has 0 aromatic carbocycles. The average Bonchev–Trinajstić information content (AvgIpc) is 2.95. The third-order valence-electron chi connectivity index (χ3n) is 5.01. The lowest BCUT2D eigenvalue weighted by Gasteiger charge is -2.33. The first-order chi connectivity index (χ1) is 12.7. The van der Waals surface area contributed by atoms with Crippen LogP contribution in [-0.2, 0) is 31.9 Å². The van der Waals surface area contributed by atoms with Crippen molar-refractivity contribution >= 4 is 34.2 Å². The Balaban J connectivity index is 2.26. The number of methoxy groups -OCH3 is 1. The van der Waals surface area contributed by atoms with Gasteiger partial charge in [-0.3, -0.25) is 9.59 Å². The number of thiophene rings is 1. The fourth-order valence-corrected chi connectivity index (χ4v) is 4.67. The zero-order valence-corrected chi connectivity index (χ0v) is 17.6. The van der Waals surface area contributed by atoms with Crippen molar-refractivity contribution in [1.82, 2.24) is 0 Å². The summed E-state index contributed by atoms with van der Waals surface area (Å²) in [6.07, 6.45) is 2.74. The van der Waals surface area contributed by atoms with Crippen LogP contribution in [0, 0.1) is 11.3 Å². The highest BCUT2D eigenvalue weighted by Gasteiger charge is 2.34. The normalized spacial score (nSPS) is 16.4. The predicted octanol–water partition coefficient (Wildman–Crippen LogP) is 3.97. The van der Waals surface area contributed by atoms with Crippen molar-refractivity contribution in [3.05, 3.63) is 16.0 Å². The molecule has 1 heterocycles. The SMILES string of the molecule is CCOC(=O)c1c(NC(=O)CCC(=O)OC)sc2c1CC[C@H](C(C)(C)C)C2. The number of carbonyl (C=O) groups is 3. The van der Waals surface area contributed by atoms with Crippen molar-refractivity contribution in [1.29, 1.82) is 0 Å². The van der Waals surface area contributed by atoms with Gasteiger partial charge in [-0.25, -0.2) is 4.79 Å². The van der Waals surface area contributed by atoms with E-state index >= 15 is 0 Å². The summed E-state index contributed by atoms with van der Waals surface area (Å²) >= 11 is 1.46. The Morgan fingerprint density at radius 2 is 1.93 bits per heavy atom. The largest absolute Gasteiger partial charge is 0.469 e. The van der Waals surface area contributed by atoms with Gasteiger partial charge in [0.1, 0.15) is 5.00 Å². The molecule has 1 aromatic heterocycles. The summed E-state index contributed by atoms with van der Waals surface area (Å²) in [5.74, 6) is -0.611. The first-order valence-corrected chi connectivity index (χ1v) is 10.2. The van der Waals surface area contributed by atoms with Crippen LogP contribution in [0.4, 0.5) is 5.00 Å². The highest BCUT2D eigenvalue weighted by atomic mass is 32.1. The Bertz CT molecular complexity index is 717. The molecule has 1 aromatic rings. The van der Waals surface area contributed by atoms with Crippen LogP contribution < -0.4 is 5.32 Å². The maximum Gasteiger partial charge on any atom is 0.341 e. The fourth-order valence-electron chi connectivity index (χ4n) is 3.34. The second-order valence-electron chi connectivity index (χ2n) is 7.86. The molecule has 0 bridgehead atoms. The molecule has 1 aliphatic carbocycles. The molecule has 0 saturated heterocycles. The number of anilines is 1. The second-order valence-corrected chi connectivity index (χ2v) is 8.96. The molecule has 1 atom stereocenters. The molecule has 0 aliphatic heterocycles. The average molecular weight is 396 g/mol. The van der Waals surface area contributed by atoms with Gasteiger partial charge < -0.3 is 14.8 Å². The summed E-state index contributed by atoms with van der Waals surface area (Å²) in [7, 11) is 1.29. The minimum absolute atomic E-state index is 0.00820. The first kappa shape index (κ1) is 21.4. The maximum absolute atomic E-state index is 12.5. The molecule has 0 saturated carbocycles. The van der Waals surface area contributed by atoms with Crippen molar-refractivity contribution in [3.8, 4) is 0 Å². The molecule has 27 heavy (non-hydrogen) atoms. The van der Waals surface area contributed by atoms with Crippen molar-refractivity contribution in [2.24, 2.45) is 11.3 Å². The van der Waals surface area contributed by atoms with Crippen molar-refractivity contribution in [3.63, 3.8) is 0 Å². The Labute approximate surface area is 164 Å². The van der Waals surface area contributed by atoms with E-state index in [2.05, 4.69) is 30.8 Å². The molecule has 7 heteroatoms. The van der Waals surface area contributed by atoms with E-state index in [1.165, 1.54) is 18.4 Å². The predicted molar refractivity (Wildman–Crippen MR) is 105 cm³/mol. The summed E-state index contributed by atoms with van der Waals surface area (Å²) in [4.78, 5) is 37.2. The smallest absolute Gasteiger partial charge is 0.341 e. The van der Waals surface area contributed by atoms with Gasteiger partial charge in [0.15, 0.2) is 0 Å². The lowest BCUT2D eigenvalue weighted by molar-refractivity contribution is -0.141. The molecular formula is C20H29NO5S. The molecule has 1 amide bonds. The highest BCUT2D eigenvalue weighted by molar-refractivity contribution is 7.17. The van der Waals surface area contributed by atoms with Gasteiger partial charge in [-0.15, -0.1) is 11.3 Å². The molecule has 0 unspecified atom stereocenters. The van der Waals surface area contributed by atoms with Crippen LogP contribution in [0.5, 0.6) is 0 Å². The van der Waals surface area contributed by atoms with Crippen LogP contribution in [-0.4, -0.2) is 31.6 Å². The van der Waals surface area contributed by atoms with Crippen molar-refractivity contribution < 1.29 is 23.9 Å². The number of rotatable bonds is 6. The van der Waals surface area contributed by atoms with E-state index in [1.54, 1.807) is 6.92 Å². The summed E-state index contributed by atoms with van der Waals surface area (Å²) in [6.45, 7) is 8.75. The summed E-state index contributed by atoms with van der Waals surface area (Å²) < 4.78 is 9.79. The Morgan fingerprint density at radius 1 is 1.22 bits per heavy atom. The Hall–Kier alpha value is -1.89. The zero-order chi connectivity index (χ0) is 20.2. The van der Waals surface area contributed by atoms with Gasteiger partial charge in [-0.05, 0) is 43.1 Å².